The van der Waals surface area contributed by atoms with Gasteiger partial charge in [-0.05, 0) is 36.8 Å². The molecule has 0 bridgehead atoms. The number of ketones is 2. The van der Waals surface area contributed by atoms with Crippen molar-refractivity contribution < 1.29 is 33.4 Å². The van der Waals surface area contributed by atoms with Gasteiger partial charge in [-0.2, -0.15) is 0 Å². The number of nitrogens with zero attached hydrogens (tertiary/aromatic N) is 1. The first kappa shape index (κ1) is 24.6. The third-order valence-corrected chi connectivity index (χ3v) is 7.47. The van der Waals surface area contributed by atoms with Crippen LogP contribution in [0.25, 0.3) is 6.08 Å². The van der Waals surface area contributed by atoms with Crippen LogP contribution in [0.5, 0.6) is 0 Å². The van der Waals surface area contributed by atoms with Crippen molar-refractivity contribution in [2.75, 3.05) is 11.5 Å². The van der Waals surface area contributed by atoms with Gasteiger partial charge in [0.15, 0.2) is 0 Å². The van der Waals surface area contributed by atoms with Crippen LogP contribution in [0.15, 0.2) is 84.9 Å². The average Bonchev–Trinajstić information content (AvgIpc) is 3.52. The maximum atomic E-state index is 13.9. The summed E-state index contributed by atoms with van der Waals surface area (Å²) in [6.45, 7) is 1.90. The maximum Gasteiger partial charge on any atom is 0.338 e. The lowest BCUT2D eigenvalue weighted by molar-refractivity contribution is -0.126. The number of hydrogen-bond acceptors (Lipinski definition) is 7. The standard InChI is InChI=1S/C31H23NO7/c1-2-38-30(37)19-13-15-20(16-14-19)32-28(35)24-23(17-12-18-8-4-3-5-9-18)39-31(25(24)29(32)36)26(33)21-10-6-7-11-22(21)27(31)34/h3-17,23-25H,2H2,1H3/b17-12+/t23-,24+,25-/m0/s1. The van der Waals surface area contributed by atoms with E-state index in [2.05, 4.69) is 0 Å². The third-order valence-electron chi connectivity index (χ3n) is 7.47. The van der Waals surface area contributed by atoms with E-state index >= 15 is 0 Å². The molecule has 8 heteroatoms. The summed E-state index contributed by atoms with van der Waals surface area (Å²) in [4.78, 5) is 68.4. The van der Waals surface area contributed by atoms with Crippen LogP contribution in [-0.2, 0) is 19.1 Å². The van der Waals surface area contributed by atoms with Crippen molar-refractivity contribution >= 4 is 41.1 Å². The summed E-state index contributed by atoms with van der Waals surface area (Å²) < 4.78 is 11.2. The molecule has 0 saturated carbocycles. The number of carbonyl (C=O) groups excluding carboxylic acids is 5. The van der Waals surface area contributed by atoms with Gasteiger partial charge >= 0.3 is 5.97 Å². The number of benzene rings is 3. The Morgan fingerprint density at radius 3 is 2.10 bits per heavy atom. The van der Waals surface area contributed by atoms with Gasteiger partial charge in [0.2, 0.25) is 29.0 Å². The molecule has 0 radical (unpaired) electrons. The van der Waals surface area contributed by atoms with E-state index in [0.29, 0.717) is 0 Å². The van der Waals surface area contributed by atoms with Gasteiger partial charge < -0.3 is 9.47 Å². The Labute approximate surface area is 223 Å². The molecule has 0 unspecified atom stereocenters. The lowest BCUT2D eigenvalue weighted by Gasteiger charge is -2.26. The first-order chi connectivity index (χ1) is 18.9. The van der Waals surface area contributed by atoms with Gasteiger partial charge in [0.25, 0.3) is 0 Å². The quantitative estimate of drug-likeness (QED) is 0.285. The van der Waals surface area contributed by atoms with Crippen molar-refractivity contribution in [2.24, 2.45) is 11.8 Å². The average molecular weight is 522 g/mol. The van der Waals surface area contributed by atoms with Gasteiger partial charge in [0.05, 0.1) is 35.8 Å². The molecule has 39 heavy (non-hydrogen) atoms. The van der Waals surface area contributed by atoms with E-state index < -0.39 is 52.9 Å². The zero-order valence-corrected chi connectivity index (χ0v) is 20.9. The number of amides is 2. The minimum atomic E-state index is -2.13. The topological polar surface area (TPSA) is 107 Å². The molecule has 3 aromatic carbocycles. The van der Waals surface area contributed by atoms with Gasteiger partial charge in [-0.3, -0.25) is 19.2 Å². The molecule has 6 rings (SSSR count). The predicted octanol–water partition coefficient (Wildman–Crippen LogP) is 3.90. The second-order valence-corrected chi connectivity index (χ2v) is 9.57. The van der Waals surface area contributed by atoms with Crippen LogP contribution in [0, 0.1) is 11.8 Å². The summed E-state index contributed by atoms with van der Waals surface area (Å²) in [5.41, 5.74) is -0.470. The van der Waals surface area contributed by atoms with Crippen LogP contribution < -0.4 is 4.90 Å². The maximum absolute atomic E-state index is 13.9. The van der Waals surface area contributed by atoms with Crippen LogP contribution >= 0.6 is 0 Å². The first-order valence-electron chi connectivity index (χ1n) is 12.6. The summed E-state index contributed by atoms with van der Waals surface area (Å²) in [6.07, 6.45) is 2.37. The van der Waals surface area contributed by atoms with Crippen molar-refractivity contribution in [1.29, 1.82) is 0 Å². The van der Waals surface area contributed by atoms with Gasteiger partial charge in [-0.25, -0.2) is 9.69 Å². The number of esters is 1. The van der Waals surface area contributed by atoms with E-state index in [1.54, 1.807) is 31.2 Å². The fraction of sp³-hybridized carbons (Fsp3) is 0.194. The molecule has 2 aliphatic heterocycles. The molecule has 194 valence electrons. The minimum absolute atomic E-state index is 0.173. The summed E-state index contributed by atoms with van der Waals surface area (Å²) in [5, 5.41) is 0. The molecule has 3 aliphatic rings. The minimum Gasteiger partial charge on any atom is -0.462 e. The lowest BCUT2D eigenvalue weighted by Crippen LogP contribution is -2.51. The SMILES string of the molecule is CCOC(=O)c1ccc(N2C(=O)[C@@H]3[C@H](/C=C/c4ccccc4)OC4(C(=O)c5ccccc5C4=O)[C@@H]3C2=O)cc1. The predicted molar refractivity (Wildman–Crippen MR) is 140 cm³/mol. The van der Waals surface area contributed by atoms with Gasteiger partial charge in [0, 0.05) is 11.1 Å². The van der Waals surface area contributed by atoms with E-state index in [4.69, 9.17) is 9.47 Å². The van der Waals surface area contributed by atoms with Crippen LogP contribution in [0.3, 0.4) is 0 Å². The van der Waals surface area contributed by atoms with Gasteiger partial charge in [-0.15, -0.1) is 0 Å². The second-order valence-electron chi connectivity index (χ2n) is 9.57. The zero-order valence-electron chi connectivity index (χ0n) is 20.9. The molecule has 0 N–H and O–H groups in total. The number of fused-ring (bicyclic) bond motifs is 3. The molecule has 2 saturated heterocycles. The Morgan fingerprint density at radius 2 is 1.49 bits per heavy atom. The van der Waals surface area contributed by atoms with Crippen molar-refractivity contribution in [3.8, 4) is 0 Å². The van der Waals surface area contributed by atoms with Gasteiger partial charge in [0.1, 0.15) is 0 Å². The van der Waals surface area contributed by atoms with Crippen molar-refractivity contribution in [3.63, 3.8) is 0 Å². The summed E-state index contributed by atoms with van der Waals surface area (Å²) in [7, 11) is 0. The number of carbonyl (C=O) groups is 5. The Hall–Kier alpha value is -4.69. The Morgan fingerprint density at radius 1 is 0.872 bits per heavy atom. The van der Waals surface area contributed by atoms with E-state index in [0.717, 1.165) is 10.5 Å². The highest BCUT2D eigenvalue weighted by atomic mass is 16.5. The van der Waals surface area contributed by atoms with E-state index in [-0.39, 0.29) is 29.0 Å². The van der Waals surface area contributed by atoms with Crippen molar-refractivity contribution in [3.05, 3.63) is 107 Å². The first-order valence-corrected chi connectivity index (χ1v) is 12.6. The van der Waals surface area contributed by atoms with Crippen LogP contribution in [-0.4, -0.2) is 47.7 Å². The van der Waals surface area contributed by atoms with Crippen LogP contribution in [0.2, 0.25) is 0 Å². The largest absolute Gasteiger partial charge is 0.462 e. The number of ether oxygens (including phenoxy) is 2. The smallest absolute Gasteiger partial charge is 0.338 e. The van der Waals surface area contributed by atoms with Crippen LogP contribution in [0.4, 0.5) is 5.69 Å². The number of Topliss-reactive ketones (excluding diaryl/α,β-unsaturated/α-hetero) is 2. The van der Waals surface area contributed by atoms with E-state index in [1.165, 1.54) is 36.4 Å². The molecule has 3 atom stereocenters. The highest BCUT2D eigenvalue weighted by Gasteiger charge is 2.74. The van der Waals surface area contributed by atoms with Gasteiger partial charge in [-0.1, -0.05) is 66.7 Å². The fourth-order valence-corrected chi connectivity index (χ4v) is 5.73. The molecule has 1 spiro atoms. The second kappa shape index (κ2) is 9.25. The molecular formula is C31H23NO7. The monoisotopic (exact) mass is 521 g/mol. The number of anilines is 1. The molecule has 2 heterocycles. The highest BCUT2D eigenvalue weighted by Crippen LogP contribution is 2.53. The van der Waals surface area contributed by atoms with Crippen molar-refractivity contribution in [2.45, 2.75) is 18.6 Å². The highest BCUT2D eigenvalue weighted by molar-refractivity contribution is 6.37. The fourth-order valence-electron chi connectivity index (χ4n) is 5.73. The molecular weight excluding hydrogens is 498 g/mol. The normalized spacial score (nSPS) is 23.1. The Balaban J connectivity index is 1.42. The lowest BCUT2D eigenvalue weighted by atomic mass is 9.78. The molecule has 0 aromatic heterocycles. The number of hydrogen-bond donors (Lipinski definition) is 0. The Bertz CT molecular complexity index is 1520. The number of rotatable bonds is 5. The Kier molecular flexibility index (Phi) is 5.84. The van der Waals surface area contributed by atoms with Crippen LogP contribution in [0.1, 0.15) is 43.6 Å². The van der Waals surface area contributed by atoms with E-state index in [1.807, 2.05) is 30.3 Å². The summed E-state index contributed by atoms with van der Waals surface area (Å²) in [5.74, 6) is -5.47. The molecule has 3 aromatic rings. The summed E-state index contributed by atoms with van der Waals surface area (Å²) in [6, 6.07) is 21.5. The van der Waals surface area contributed by atoms with E-state index in [9.17, 15) is 24.0 Å². The zero-order chi connectivity index (χ0) is 27.3. The molecule has 2 amide bonds. The molecule has 1 aliphatic carbocycles. The summed E-state index contributed by atoms with van der Waals surface area (Å²) >= 11 is 0. The molecule has 2 fully saturated rings. The molecule has 8 nitrogen and oxygen atoms in total. The number of imide groups is 1. The third kappa shape index (κ3) is 3.59. The van der Waals surface area contributed by atoms with Crippen molar-refractivity contribution in [1.82, 2.24) is 0 Å².